The summed E-state index contributed by atoms with van der Waals surface area (Å²) in [6.45, 7) is 2.32. The number of rotatable bonds is 3. The van der Waals surface area contributed by atoms with Gasteiger partial charge in [0.1, 0.15) is 0 Å². The molecule has 2 rings (SSSR count). The normalized spacial score (nSPS) is 19.8. The van der Waals surface area contributed by atoms with Crippen LogP contribution in [0.5, 0.6) is 0 Å². The Morgan fingerprint density at radius 3 is 2.40 bits per heavy atom. The summed E-state index contributed by atoms with van der Waals surface area (Å²) < 4.78 is 0. The smallest absolute Gasteiger partial charge is 0.0342 e. The van der Waals surface area contributed by atoms with E-state index in [0.29, 0.717) is 6.04 Å². The molecule has 1 N–H and O–H groups in total. The van der Waals surface area contributed by atoms with Crippen LogP contribution in [0.4, 0.5) is 5.69 Å². The first-order valence-corrected chi connectivity index (χ1v) is 6.18. The molecule has 1 aromatic rings. The summed E-state index contributed by atoms with van der Waals surface area (Å²) in [6, 6.07) is 11.2. The molecule has 0 amide bonds. The monoisotopic (exact) mass is 203 g/mol. The third-order valence-corrected chi connectivity index (χ3v) is 3.53. The molecule has 1 heteroatoms. The van der Waals surface area contributed by atoms with Gasteiger partial charge in [0.25, 0.3) is 0 Å². The van der Waals surface area contributed by atoms with Gasteiger partial charge in [-0.25, -0.2) is 0 Å². The lowest BCUT2D eigenvalue weighted by atomic mass is 9.84. The lowest BCUT2D eigenvalue weighted by Gasteiger charge is -2.29. The van der Waals surface area contributed by atoms with Gasteiger partial charge in [-0.3, -0.25) is 0 Å². The van der Waals surface area contributed by atoms with Crippen molar-refractivity contribution in [1.82, 2.24) is 0 Å². The highest BCUT2D eigenvalue weighted by molar-refractivity contribution is 5.43. The topological polar surface area (TPSA) is 12.0 Å². The van der Waals surface area contributed by atoms with Gasteiger partial charge in [-0.15, -0.1) is 0 Å². The van der Waals surface area contributed by atoms with Crippen molar-refractivity contribution in [3.63, 3.8) is 0 Å². The Morgan fingerprint density at radius 1 is 1.07 bits per heavy atom. The van der Waals surface area contributed by atoms with E-state index in [0.717, 1.165) is 5.92 Å². The Morgan fingerprint density at radius 2 is 1.73 bits per heavy atom. The maximum atomic E-state index is 3.61. The van der Waals surface area contributed by atoms with Crippen molar-refractivity contribution in [2.24, 2.45) is 5.92 Å². The van der Waals surface area contributed by atoms with Gasteiger partial charge in [0.2, 0.25) is 0 Å². The van der Waals surface area contributed by atoms with Crippen LogP contribution >= 0.6 is 0 Å². The van der Waals surface area contributed by atoms with Crippen LogP contribution in [0, 0.1) is 5.92 Å². The van der Waals surface area contributed by atoms with E-state index in [9.17, 15) is 0 Å². The molecule has 1 unspecified atom stereocenters. The Bertz CT molecular complexity index is 275. The number of hydrogen-bond acceptors (Lipinski definition) is 1. The minimum absolute atomic E-state index is 0.618. The summed E-state index contributed by atoms with van der Waals surface area (Å²) >= 11 is 0. The molecule has 82 valence electrons. The van der Waals surface area contributed by atoms with Gasteiger partial charge in [-0.1, -0.05) is 37.5 Å². The summed E-state index contributed by atoms with van der Waals surface area (Å²) in [5, 5.41) is 3.61. The minimum Gasteiger partial charge on any atom is -0.382 e. The largest absolute Gasteiger partial charge is 0.382 e. The second-order valence-electron chi connectivity index (χ2n) is 4.70. The molecule has 1 atom stereocenters. The van der Waals surface area contributed by atoms with Crippen molar-refractivity contribution in [2.75, 3.05) is 5.32 Å². The first kappa shape index (κ1) is 10.5. The summed E-state index contributed by atoms with van der Waals surface area (Å²) in [4.78, 5) is 0. The molecule has 1 aromatic carbocycles. The molecule has 1 nitrogen and oxygen atoms in total. The molecule has 1 aliphatic rings. The predicted octanol–water partition coefficient (Wildman–Crippen LogP) is 4.07. The van der Waals surface area contributed by atoms with E-state index >= 15 is 0 Å². The second-order valence-corrected chi connectivity index (χ2v) is 4.70. The highest BCUT2D eigenvalue weighted by Gasteiger charge is 2.19. The lowest BCUT2D eigenvalue weighted by molar-refractivity contribution is 0.328. The molecule has 1 aliphatic carbocycles. The van der Waals surface area contributed by atoms with E-state index in [-0.39, 0.29) is 0 Å². The van der Waals surface area contributed by atoms with E-state index in [1.54, 1.807) is 0 Å². The van der Waals surface area contributed by atoms with Crippen molar-refractivity contribution in [2.45, 2.75) is 45.1 Å². The fraction of sp³-hybridized carbons (Fsp3) is 0.571. The van der Waals surface area contributed by atoms with Crippen LogP contribution in [0.25, 0.3) is 0 Å². The third-order valence-electron chi connectivity index (χ3n) is 3.53. The average Bonchev–Trinajstić information content (AvgIpc) is 2.31. The van der Waals surface area contributed by atoms with Gasteiger partial charge in [0.05, 0.1) is 0 Å². The molecule has 0 spiro atoms. The summed E-state index contributed by atoms with van der Waals surface area (Å²) in [5.41, 5.74) is 1.26. The SMILES string of the molecule is CC(Nc1ccccc1)C1CCCCC1. The molecule has 0 radical (unpaired) electrons. The summed E-state index contributed by atoms with van der Waals surface area (Å²) in [5.74, 6) is 0.874. The molecule has 1 fully saturated rings. The van der Waals surface area contributed by atoms with Crippen LogP contribution in [0.2, 0.25) is 0 Å². The van der Waals surface area contributed by atoms with Crippen molar-refractivity contribution >= 4 is 5.69 Å². The number of nitrogens with one attached hydrogen (secondary N) is 1. The van der Waals surface area contributed by atoms with Gasteiger partial charge in [-0.05, 0) is 37.8 Å². The minimum atomic E-state index is 0.618. The second kappa shape index (κ2) is 5.20. The van der Waals surface area contributed by atoms with Crippen LogP contribution in [0.1, 0.15) is 39.0 Å². The number of hydrogen-bond donors (Lipinski definition) is 1. The van der Waals surface area contributed by atoms with Crippen LogP contribution in [-0.4, -0.2) is 6.04 Å². The number of para-hydroxylation sites is 1. The zero-order chi connectivity index (χ0) is 10.5. The highest BCUT2D eigenvalue weighted by Crippen LogP contribution is 2.27. The zero-order valence-electron chi connectivity index (χ0n) is 9.58. The molecular formula is C14H21N. The Kier molecular flexibility index (Phi) is 3.65. The highest BCUT2D eigenvalue weighted by atomic mass is 14.9. The molecule has 1 saturated carbocycles. The number of anilines is 1. The molecule has 0 heterocycles. The van der Waals surface area contributed by atoms with Crippen molar-refractivity contribution in [1.29, 1.82) is 0 Å². The molecular weight excluding hydrogens is 182 g/mol. The standard InChI is InChI=1S/C14H21N/c1-12(13-8-4-2-5-9-13)15-14-10-6-3-7-11-14/h3,6-7,10-13,15H,2,4-5,8-9H2,1H3. The summed E-state index contributed by atoms with van der Waals surface area (Å²) in [6.07, 6.45) is 7.09. The molecule has 15 heavy (non-hydrogen) atoms. The van der Waals surface area contributed by atoms with Crippen molar-refractivity contribution in [3.05, 3.63) is 30.3 Å². The van der Waals surface area contributed by atoms with E-state index in [4.69, 9.17) is 0 Å². The van der Waals surface area contributed by atoms with Crippen LogP contribution in [0.3, 0.4) is 0 Å². The van der Waals surface area contributed by atoms with Crippen LogP contribution in [-0.2, 0) is 0 Å². The van der Waals surface area contributed by atoms with Crippen LogP contribution < -0.4 is 5.32 Å². The van der Waals surface area contributed by atoms with E-state index < -0.39 is 0 Å². The lowest BCUT2D eigenvalue weighted by Crippen LogP contribution is -2.27. The molecule has 0 aromatic heterocycles. The van der Waals surface area contributed by atoms with Crippen molar-refractivity contribution in [3.8, 4) is 0 Å². The van der Waals surface area contributed by atoms with E-state index in [1.165, 1.54) is 37.8 Å². The Balaban J connectivity index is 1.88. The zero-order valence-corrected chi connectivity index (χ0v) is 9.58. The molecule has 0 saturated heterocycles. The number of benzene rings is 1. The van der Waals surface area contributed by atoms with Gasteiger partial charge in [0, 0.05) is 11.7 Å². The first-order valence-electron chi connectivity index (χ1n) is 6.18. The summed E-state index contributed by atoms with van der Waals surface area (Å²) in [7, 11) is 0. The van der Waals surface area contributed by atoms with Crippen LogP contribution in [0.15, 0.2) is 30.3 Å². The first-order chi connectivity index (χ1) is 7.36. The fourth-order valence-corrected chi connectivity index (χ4v) is 2.55. The van der Waals surface area contributed by atoms with E-state index in [2.05, 4.69) is 42.6 Å². The quantitative estimate of drug-likeness (QED) is 0.781. The maximum absolute atomic E-state index is 3.61. The van der Waals surface area contributed by atoms with Crippen molar-refractivity contribution < 1.29 is 0 Å². The maximum Gasteiger partial charge on any atom is 0.0342 e. The predicted molar refractivity (Wildman–Crippen MR) is 66.1 cm³/mol. The average molecular weight is 203 g/mol. The van der Waals surface area contributed by atoms with Gasteiger partial charge in [-0.2, -0.15) is 0 Å². The van der Waals surface area contributed by atoms with Gasteiger partial charge < -0.3 is 5.32 Å². The Hall–Kier alpha value is -0.980. The third kappa shape index (κ3) is 2.98. The van der Waals surface area contributed by atoms with E-state index in [1.807, 2.05) is 0 Å². The molecule has 0 aliphatic heterocycles. The molecule has 0 bridgehead atoms. The Labute approximate surface area is 92.9 Å². The van der Waals surface area contributed by atoms with Gasteiger partial charge >= 0.3 is 0 Å². The fourth-order valence-electron chi connectivity index (χ4n) is 2.55. The van der Waals surface area contributed by atoms with Gasteiger partial charge in [0.15, 0.2) is 0 Å².